The molecule has 0 spiro atoms. The second-order valence-corrected chi connectivity index (χ2v) is 7.98. The van der Waals surface area contributed by atoms with Crippen LogP contribution in [-0.2, 0) is 19.1 Å². The number of anilines is 2. The highest BCUT2D eigenvalue weighted by Gasteiger charge is 2.38. The Hall–Kier alpha value is -4.27. The number of nitrogens with one attached hydrogen (secondary N) is 3. The van der Waals surface area contributed by atoms with E-state index in [9.17, 15) is 14.4 Å². The lowest BCUT2D eigenvalue weighted by Crippen LogP contribution is -2.32. The number of ether oxygens (including phenoxy) is 3. The minimum Gasteiger partial charge on any atom is -0.495 e. The summed E-state index contributed by atoms with van der Waals surface area (Å²) in [5.41, 5.74) is 3.38. The molecule has 1 aliphatic heterocycles. The van der Waals surface area contributed by atoms with Crippen molar-refractivity contribution >= 4 is 29.3 Å². The maximum absolute atomic E-state index is 13.0. The molecule has 0 bridgehead atoms. The third-order valence-corrected chi connectivity index (χ3v) is 5.58. The van der Waals surface area contributed by atoms with Crippen LogP contribution in [0.2, 0.25) is 0 Å². The van der Waals surface area contributed by atoms with Gasteiger partial charge in [0, 0.05) is 17.1 Å². The monoisotopic (exact) mass is 493 g/mol. The minimum atomic E-state index is -0.747. The Bertz CT molecular complexity index is 1180. The molecular formula is C27H31N3O6. The zero-order chi connectivity index (χ0) is 26.2. The summed E-state index contributed by atoms with van der Waals surface area (Å²) in [6.07, 6.45) is 0. The fourth-order valence-electron chi connectivity index (χ4n) is 4.11. The zero-order valence-electron chi connectivity index (χ0n) is 21.1. The van der Waals surface area contributed by atoms with E-state index in [0.717, 1.165) is 0 Å². The lowest BCUT2D eigenvalue weighted by atomic mass is 9.80. The van der Waals surface area contributed by atoms with Gasteiger partial charge in [0.05, 0.1) is 43.1 Å². The average Bonchev–Trinajstić information content (AvgIpc) is 2.84. The van der Waals surface area contributed by atoms with E-state index in [1.165, 1.54) is 7.11 Å². The van der Waals surface area contributed by atoms with E-state index in [1.54, 1.807) is 76.2 Å². The smallest absolute Gasteiger partial charge is 0.336 e. The van der Waals surface area contributed by atoms with E-state index >= 15 is 0 Å². The molecule has 0 saturated heterocycles. The summed E-state index contributed by atoms with van der Waals surface area (Å²) in [4.78, 5) is 38.6. The topological polar surface area (TPSA) is 115 Å². The Morgan fingerprint density at radius 1 is 0.861 bits per heavy atom. The molecule has 1 heterocycles. The zero-order valence-corrected chi connectivity index (χ0v) is 21.1. The number of esters is 2. The lowest BCUT2D eigenvalue weighted by molar-refractivity contribution is -0.139. The maximum atomic E-state index is 13.0. The fraction of sp³-hybridized carbons (Fsp3) is 0.296. The van der Waals surface area contributed by atoms with Crippen molar-refractivity contribution in [2.45, 2.75) is 33.6 Å². The number of para-hydroxylation sites is 2. The van der Waals surface area contributed by atoms with E-state index in [1.807, 2.05) is 0 Å². The van der Waals surface area contributed by atoms with Gasteiger partial charge in [-0.15, -0.1) is 0 Å². The Morgan fingerprint density at radius 3 is 2.06 bits per heavy atom. The van der Waals surface area contributed by atoms with Gasteiger partial charge in [0.1, 0.15) is 5.75 Å². The van der Waals surface area contributed by atoms with E-state index in [4.69, 9.17) is 14.2 Å². The molecule has 3 N–H and O–H groups in total. The number of dihydropyridines is 1. The number of carbonyl (C=O) groups is 3. The molecule has 3 rings (SSSR count). The highest BCUT2D eigenvalue weighted by atomic mass is 16.5. The summed E-state index contributed by atoms with van der Waals surface area (Å²) in [5, 5.41) is 8.66. The summed E-state index contributed by atoms with van der Waals surface area (Å²) in [6.45, 7) is 7.32. The molecule has 1 aliphatic rings. The van der Waals surface area contributed by atoms with Gasteiger partial charge in [-0.05, 0) is 57.5 Å². The van der Waals surface area contributed by atoms with Gasteiger partial charge in [-0.25, -0.2) is 14.4 Å². The number of urea groups is 1. The van der Waals surface area contributed by atoms with Crippen LogP contribution in [0.25, 0.3) is 0 Å². The lowest BCUT2D eigenvalue weighted by Gasteiger charge is -2.30. The first kappa shape index (κ1) is 26.3. The summed E-state index contributed by atoms with van der Waals surface area (Å²) in [7, 11) is 1.52. The number of carbonyl (C=O) groups excluding carboxylic acids is 3. The second kappa shape index (κ2) is 11.9. The fourth-order valence-corrected chi connectivity index (χ4v) is 4.11. The normalized spacial score (nSPS) is 13.6. The Kier molecular flexibility index (Phi) is 8.72. The molecule has 2 aromatic carbocycles. The van der Waals surface area contributed by atoms with Gasteiger partial charge >= 0.3 is 18.0 Å². The van der Waals surface area contributed by atoms with Crippen molar-refractivity contribution in [1.82, 2.24) is 5.32 Å². The Labute approximate surface area is 210 Å². The van der Waals surface area contributed by atoms with Gasteiger partial charge < -0.3 is 30.2 Å². The van der Waals surface area contributed by atoms with Crippen molar-refractivity contribution in [1.29, 1.82) is 0 Å². The molecule has 9 heteroatoms. The van der Waals surface area contributed by atoms with Crippen LogP contribution in [0, 0.1) is 0 Å². The molecule has 2 amide bonds. The summed E-state index contributed by atoms with van der Waals surface area (Å²) < 4.78 is 15.9. The average molecular weight is 494 g/mol. The van der Waals surface area contributed by atoms with Gasteiger partial charge in [0.15, 0.2) is 0 Å². The molecule has 0 saturated carbocycles. The van der Waals surface area contributed by atoms with E-state index in [0.29, 0.717) is 45.2 Å². The second-order valence-electron chi connectivity index (χ2n) is 7.98. The largest absolute Gasteiger partial charge is 0.495 e. The van der Waals surface area contributed by atoms with E-state index in [2.05, 4.69) is 16.0 Å². The number of benzene rings is 2. The van der Waals surface area contributed by atoms with Gasteiger partial charge in [-0.3, -0.25) is 0 Å². The number of hydrogen-bond donors (Lipinski definition) is 3. The molecular weight excluding hydrogens is 462 g/mol. The van der Waals surface area contributed by atoms with Crippen LogP contribution in [-0.4, -0.2) is 38.3 Å². The molecule has 9 nitrogen and oxygen atoms in total. The van der Waals surface area contributed by atoms with Crippen molar-refractivity contribution in [2.75, 3.05) is 31.0 Å². The summed E-state index contributed by atoms with van der Waals surface area (Å²) in [5.74, 6) is -1.29. The number of hydrogen-bond acceptors (Lipinski definition) is 7. The number of amides is 2. The minimum absolute atomic E-state index is 0.185. The summed E-state index contributed by atoms with van der Waals surface area (Å²) >= 11 is 0. The molecule has 0 fully saturated rings. The van der Waals surface area contributed by atoms with Crippen LogP contribution in [0.3, 0.4) is 0 Å². The van der Waals surface area contributed by atoms with Crippen LogP contribution >= 0.6 is 0 Å². The summed E-state index contributed by atoms with van der Waals surface area (Å²) in [6, 6.07) is 13.5. The quantitative estimate of drug-likeness (QED) is 0.457. The first-order chi connectivity index (χ1) is 17.3. The highest BCUT2D eigenvalue weighted by Crippen LogP contribution is 2.40. The molecule has 0 atom stereocenters. The van der Waals surface area contributed by atoms with Crippen LogP contribution in [0.4, 0.5) is 16.2 Å². The molecule has 0 aromatic heterocycles. The third kappa shape index (κ3) is 5.86. The Morgan fingerprint density at radius 2 is 1.47 bits per heavy atom. The third-order valence-electron chi connectivity index (χ3n) is 5.58. The SMILES string of the molecule is CCOC(=O)C1=C(C)NC(C)=C(C(=O)OCC)C1c1cccc(NC(=O)Nc2ccccc2OC)c1. The van der Waals surface area contributed by atoms with Crippen molar-refractivity contribution in [2.24, 2.45) is 0 Å². The molecule has 0 unspecified atom stereocenters. The predicted molar refractivity (Wildman–Crippen MR) is 137 cm³/mol. The molecule has 2 aromatic rings. The molecule has 190 valence electrons. The van der Waals surface area contributed by atoms with Crippen molar-refractivity contribution in [3.05, 3.63) is 76.6 Å². The standard InChI is InChI=1S/C27H31N3O6/c1-6-35-25(31)22-16(3)28-17(4)23(26(32)36-7-2)24(22)18-11-10-12-19(15-18)29-27(33)30-20-13-8-9-14-21(20)34-5/h8-15,24,28H,6-7H2,1-5H3,(H2,29,30,33). The van der Waals surface area contributed by atoms with Crippen LogP contribution in [0.15, 0.2) is 71.1 Å². The first-order valence-electron chi connectivity index (χ1n) is 11.6. The first-order valence-corrected chi connectivity index (χ1v) is 11.6. The number of rotatable bonds is 8. The van der Waals surface area contributed by atoms with Crippen molar-refractivity contribution < 1.29 is 28.6 Å². The highest BCUT2D eigenvalue weighted by molar-refractivity contribution is 6.02. The van der Waals surface area contributed by atoms with E-state index in [-0.39, 0.29) is 13.2 Å². The van der Waals surface area contributed by atoms with E-state index < -0.39 is 23.9 Å². The Balaban J connectivity index is 1.97. The predicted octanol–water partition coefficient (Wildman–Crippen LogP) is 4.70. The van der Waals surface area contributed by atoms with Crippen molar-refractivity contribution in [3.63, 3.8) is 0 Å². The van der Waals surface area contributed by atoms with Gasteiger partial charge in [-0.1, -0.05) is 24.3 Å². The molecule has 0 aliphatic carbocycles. The van der Waals surface area contributed by atoms with Crippen molar-refractivity contribution in [3.8, 4) is 5.75 Å². The van der Waals surface area contributed by atoms with Gasteiger partial charge in [0.25, 0.3) is 0 Å². The van der Waals surface area contributed by atoms with Crippen LogP contribution in [0.1, 0.15) is 39.2 Å². The molecule has 36 heavy (non-hydrogen) atoms. The van der Waals surface area contributed by atoms with Gasteiger partial charge in [0.2, 0.25) is 0 Å². The van der Waals surface area contributed by atoms with Gasteiger partial charge in [-0.2, -0.15) is 0 Å². The molecule has 0 radical (unpaired) electrons. The number of allylic oxidation sites excluding steroid dienone is 2. The maximum Gasteiger partial charge on any atom is 0.336 e. The van der Waals surface area contributed by atoms with Crippen LogP contribution < -0.4 is 20.7 Å². The number of methoxy groups -OCH3 is 1. The van der Waals surface area contributed by atoms with Crippen LogP contribution in [0.5, 0.6) is 5.75 Å².